The average molecular weight is 270 g/mol. The first-order valence-corrected chi connectivity index (χ1v) is 7.95. The summed E-state index contributed by atoms with van der Waals surface area (Å²) >= 11 is 0. The number of hydrogen-bond acceptors (Lipinski definition) is 3. The standard InChI is InChI=1S/C16H34N2O/c1-14(9-8-11-17-16(2,3)4)18(5)13-15-10-6-7-12-19-15/h14-15,17H,6-13H2,1-5H3. The summed E-state index contributed by atoms with van der Waals surface area (Å²) in [5.74, 6) is 0. The molecule has 1 saturated heterocycles. The van der Waals surface area contributed by atoms with Gasteiger partial charge in [0.1, 0.15) is 0 Å². The van der Waals surface area contributed by atoms with E-state index in [4.69, 9.17) is 4.74 Å². The van der Waals surface area contributed by atoms with Crippen LogP contribution >= 0.6 is 0 Å². The van der Waals surface area contributed by atoms with Crippen LogP contribution in [0.3, 0.4) is 0 Å². The topological polar surface area (TPSA) is 24.5 Å². The van der Waals surface area contributed by atoms with Gasteiger partial charge < -0.3 is 15.0 Å². The highest BCUT2D eigenvalue weighted by Crippen LogP contribution is 2.15. The quantitative estimate of drug-likeness (QED) is 0.720. The van der Waals surface area contributed by atoms with Crippen LogP contribution in [-0.2, 0) is 4.74 Å². The molecule has 19 heavy (non-hydrogen) atoms. The number of nitrogens with one attached hydrogen (secondary N) is 1. The van der Waals surface area contributed by atoms with Gasteiger partial charge in [0, 0.05) is 24.7 Å². The number of nitrogens with zero attached hydrogens (tertiary/aromatic N) is 1. The molecule has 0 spiro atoms. The summed E-state index contributed by atoms with van der Waals surface area (Å²) in [6.07, 6.45) is 6.79. The first-order chi connectivity index (χ1) is 8.88. The maximum absolute atomic E-state index is 5.82. The fraction of sp³-hybridized carbons (Fsp3) is 1.00. The van der Waals surface area contributed by atoms with Gasteiger partial charge in [0.05, 0.1) is 6.10 Å². The molecule has 1 heterocycles. The van der Waals surface area contributed by atoms with Crippen molar-refractivity contribution in [1.29, 1.82) is 0 Å². The summed E-state index contributed by atoms with van der Waals surface area (Å²) in [5.41, 5.74) is 0.241. The zero-order valence-corrected chi connectivity index (χ0v) is 13.7. The van der Waals surface area contributed by atoms with Crippen LogP contribution in [0.5, 0.6) is 0 Å². The first-order valence-electron chi connectivity index (χ1n) is 7.95. The van der Waals surface area contributed by atoms with E-state index < -0.39 is 0 Å². The second-order valence-electron chi connectivity index (χ2n) is 7.10. The maximum Gasteiger partial charge on any atom is 0.0702 e. The maximum atomic E-state index is 5.82. The molecular formula is C16H34N2O. The number of hydrogen-bond donors (Lipinski definition) is 1. The number of ether oxygens (including phenoxy) is 1. The van der Waals surface area contributed by atoms with E-state index in [1.165, 1.54) is 32.1 Å². The van der Waals surface area contributed by atoms with Crippen molar-refractivity contribution < 1.29 is 4.74 Å². The van der Waals surface area contributed by atoms with Gasteiger partial charge in [-0.25, -0.2) is 0 Å². The predicted molar refractivity (Wildman–Crippen MR) is 82.7 cm³/mol. The molecule has 0 saturated carbocycles. The van der Waals surface area contributed by atoms with Crippen LogP contribution < -0.4 is 5.32 Å². The third-order valence-corrected chi connectivity index (χ3v) is 3.97. The van der Waals surface area contributed by atoms with Crippen molar-refractivity contribution in [3.05, 3.63) is 0 Å². The molecule has 0 amide bonds. The summed E-state index contributed by atoms with van der Waals surface area (Å²) in [7, 11) is 2.24. The minimum absolute atomic E-state index is 0.241. The molecule has 2 unspecified atom stereocenters. The summed E-state index contributed by atoms with van der Waals surface area (Å²) in [4.78, 5) is 2.47. The van der Waals surface area contributed by atoms with E-state index in [9.17, 15) is 0 Å². The molecule has 0 bridgehead atoms. The van der Waals surface area contributed by atoms with Crippen LogP contribution in [-0.4, -0.2) is 49.3 Å². The van der Waals surface area contributed by atoms with Gasteiger partial charge in [-0.15, -0.1) is 0 Å². The number of rotatable bonds is 7. The Balaban J connectivity index is 2.12. The Hall–Kier alpha value is -0.120. The van der Waals surface area contributed by atoms with Crippen molar-refractivity contribution in [2.45, 2.75) is 77.5 Å². The van der Waals surface area contributed by atoms with Crippen molar-refractivity contribution in [2.24, 2.45) is 0 Å². The van der Waals surface area contributed by atoms with Gasteiger partial charge in [0.2, 0.25) is 0 Å². The molecule has 1 N–H and O–H groups in total. The molecule has 2 atom stereocenters. The van der Waals surface area contributed by atoms with Crippen molar-refractivity contribution in [3.63, 3.8) is 0 Å². The summed E-state index contributed by atoms with van der Waals surface area (Å²) < 4.78 is 5.82. The predicted octanol–water partition coefficient (Wildman–Crippen LogP) is 3.04. The summed E-state index contributed by atoms with van der Waals surface area (Å²) in [5, 5.41) is 3.55. The third-order valence-electron chi connectivity index (χ3n) is 3.97. The van der Waals surface area contributed by atoms with Gasteiger partial charge >= 0.3 is 0 Å². The van der Waals surface area contributed by atoms with Crippen molar-refractivity contribution in [3.8, 4) is 0 Å². The van der Waals surface area contributed by atoms with Gasteiger partial charge in [-0.2, -0.15) is 0 Å². The Morgan fingerprint density at radius 1 is 1.32 bits per heavy atom. The van der Waals surface area contributed by atoms with E-state index in [1.807, 2.05) is 0 Å². The Kier molecular flexibility index (Phi) is 7.33. The number of likely N-dealkylation sites (N-methyl/N-ethyl adjacent to an activating group) is 1. The van der Waals surface area contributed by atoms with E-state index >= 15 is 0 Å². The molecular weight excluding hydrogens is 236 g/mol. The van der Waals surface area contributed by atoms with Crippen LogP contribution in [0.1, 0.15) is 59.8 Å². The van der Waals surface area contributed by atoms with E-state index in [0.717, 1.165) is 19.7 Å². The Morgan fingerprint density at radius 2 is 2.05 bits per heavy atom. The Labute approximate surface area is 120 Å². The van der Waals surface area contributed by atoms with Gasteiger partial charge in [0.25, 0.3) is 0 Å². The normalized spacial score (nSPS) is 22.7. The second-order valence-corrected chi connectivity index (χ2v) is 7.10. The zero-order chi connectivity index (χ0) is 14.3. The third kappa shape index (κ3) is 7.91. The molecule has 0 aromatic rings. The smallest absolute Gasteiger partial charge is 0.0702 e. The van der Waals surface area contributed by atoms with E-state index in [0.29, 0.717) is 12.1 Å². The van der Waals surface area contributed by atoms with Crippen LogP contribution in [0.2, 0.25) is 0 Å². The van der Waals surface area contributed by atoms with Crippen LogP contribution in [0.15, 0.2) is 0 Å². The molecule has 0 aromatic heterocycles. The highest BCUT2D eigenvalue weighted by Gasteiger charge is 2.18. The lowest BCUT2D eigenvalue weighted by Gasteiger charge is -2.31. The van der Waals surface area contributed by atoms with E-state index in [2.05, 4.69) is 45.0 Å². The molecule has 0 radical (unpaired) electrons. The summed E-state index contributed by atoms with van der Waals surface area (Å²) in [6, 6.07) is 0.646. The highest BCUT2D eigenvalue weighted by atomic mass is 16.5. The minimum Gasteiger partial charge on any atom is -0.377 e. The van der Waals surface area contributed by atoms with E-state index in [1.54, 1.807) is 0 Å². The monoisotopic (exact) mass is 270 g/mol. The molecule has 3 heteroatoms. The summed E-state index contributed by atoms with van der Waals surface area (Å²) in [6.45, 7) is 12.2. The fourth-order valence-corrected chi connectivity index (χ4v) is 2.53. The fourth-order valence-electron chi connectivity index (χ4n) is 2.53. The van der Waals surface area contributed by atoms with Crippen LogP contribution in [0.4, 0.5) is 0 Å². The minimum atomic E-state index is 0.241. The molecule has 0 aliphatic carbocycles. The Morgan fingerprint density at radius 3 is 2.63 bits per heavy atom. The highest BCUT2D eigenvalue weighted by molar-refractivity contribution is 4.73. The Bertz CT molecular complexity index is 231. The van der Waals surface area contributed by atoms with Crippen molar-refractivity contribution >= 4 is 0 Å². The lowest BCUT2D eigenvalue weighted by molar-refractivity contribution is -0.00759. The first kappa shape index (κ1) is 16.9. The molecule has 3 nitrogen and oxygen atoms in total. The second kappa shape index (κ2) is 8.23. The van der Waals surface area contributed by atoms with Gasteiger partial charge in [-0.05, 0) is 73.4 Å². The average Bonchev–Trinajstić information content (AvgIpc) is 2.34. The van der Waals surface area contributed by atoms with Crippen molar-refractivity contribution in [2.75, 3.05) is 26.7 Å². The van der Waals surface area contributed by atoms with E-state index in [-0.39, 0.29) is 5.54 Å². The van der Waals surface area contributed by atoms with Gasteiger partial charge in [-0.3, -0.25) is 0 Å². The largest absolute Gasteiger partial charge is 0.377 e. The zero-order valence-electron chi connectivity index (χ0n) is 13.7. The van der Waals surface area contributed by atoms with Crippen LogP contribution in [0.25, 0.3) is 0 Å². The molecule has 1 aliphatic heterocycles. The van der Waals surface area contributed by atoms with Crippen molar-refractivity contribution in [1.82, 2.24) is 10.2 Å². The lowest BCUT2D eigenvalue weighted by Crippen LogP contribution is -2.39. The molecule has 114 valence electrons. The molecule has 1 fully saturated rings. The molecule has 0 aromatic carbocycles. The van der Waals surface area contributed by atoms with Gasteiger partial charge in [-0.1, -0.05) is 0 Å². The van der Waals surface area contributed by atoms with Crippen LogP contribution in [0, 0.1) is 0 Å². The molecule has 1 aliphatic rings. The van der Waals surface area contributed by atoms with Gasteiger partial charge in [0.15, 0.2) is 0 Å². The lowest BCUT2D eigenvalue weighted by atomic mass is 10.1. The molecule has 1 rings (SSSR count). The SMILES string of the molecule is CC(CCCNC(C)(C)C)N(C)CC1CCCCO1.